The van der Waals surface area contributed by atoms with Crippen LogP contribution in [-0.4, -0.2) is 15.2 Å². The van der Waals surface area contributed by atoms with Crippen molar-refractivity contribution in [3.8, 4) is 9.88 Å². The van der Waals surface area contributed by atoms with E-state index in [2.05, 4.69) is 15.2 Å². The minimum Gasteiger partial charge on any atom is -0.258 e. The standard InChI is InChI=1S/C5H3N3S3/c9-5-8-7-4(11-5)3-1-6-2-10-3/h1-2H,(H,8,9). The first kappa shape index (κ1) is 7.08. The summed E-state index contributed by atoms with van der Waals surface area (Å²) in [7, 11) is 0. The molecule has 0 aliphatic rings. The molecule has 0 aliphatic heterocycles. The van der Waals surface area contributed by atoms with Gasteiger partial charge >= 0.3 is 0 Å². The normalized spacial score (nSPS) is 10.2. The average molecular weight is 201 g/mol. The van der Waals surface area contributed by atoms with Gasteiger partial charge in [0.1, 0.15) is 0 Å². The van der Waals surface area contributed by atoms with Gasteiger partial charge in [-0.3, -0.25) is 10.1 Å². The highest BCUT2D eigenvalue weighted by molar-refractivity contribution is 7.73. The summed E-state index contributed by atoms with van der Waals surface area (Å²) in [6.45, 7) is 0. The molecule has 11 heavy (non-hydrogen) atoms. The molecule has 0 saturated heterocycles. The molecule has 2 rings (SSSR count). The van der Waals surface area contributed by atoms with Crippen LogP contribution in [0.3, 0.4) is 0 Å². The second-order valence-corrected chi connectivity index (χ2v) is 4.34. The maximum atomic E-state index is 4.89. The van der Waals surface area contributed by atoms with Crippen LogP contribution in [0.5, 0.6) is 0 Å². The van der Waals surface area contributed by atoms with Crippen molar-refractivity contribution in [1.82, 2.24) is 15.2 Å². The molecule has 2 heterocycles. The summed E-state index contributed by atoms with van der Waals surface area (Å²) in [5, 5.41) is 7.65. The largest absolute Gasteiger partial charge is 0.258 e. The second kappa shape index (κ2) is 2.80. The Balaban J connectivity index is 2.53. The Hall–Kier alpha value is -0.590. The van der Waals surface area contributed by atoms with E-state index in [1.54, 1.807) is 23.0 Å². The smallest absolute Gasteiger partial charge is 0.176 e. The molecule has 2 aromatic heterocycles. The van der Waals surface area contributed by atoms with Crippen molar-refractivity contribution >= 4 is 34.9 Å². The van der Waals surface area contributed by atoms with E-state index >= 15 is 0 Å². The Kier molecular flexibility index (Phi) is 1.80. The Morgan fingerprint density at radius 2 is 2.45 bits per heavy atom. The van der Waals surface area contributed by atoms with Crippen LogP contribution in [0.15, 0.2) is 11.7 Å². The molecule has 0 aliphatic carbocycles. The molecule has 0 atom stereocenters. The van der Waals surface area contributed by atoms with Crippen molar-refractivity contribution in [2.45, 2.75) is 0 Å². The highest BCUT2D eigenvalue weighted by Crippen LogP contribution is 2.24. The number of aromatic amines is 1. The summed E-state index contributed by atoms with van der Waals surface area (Å²) >= 11 is 7.92. The zero-order chi connectivity index (χ0) is 7.68. The van der Waals surface area contributed by atoms with E-state index in [0.717, 1.165) is 9.88 Å². The van der Waals surface area contributed by atoms with Crippen molar-refractivity contribution < 1.29 is 0 Å². The molecule has 6 heteroatoms. The van der Waals surface area contributed by atoms with Crippen LogP contribution in [0.1, 0.15) is 0 Å². The van der Waals surface area contributed by atoms with Gasteiger partial charge in [-0.2, -0.15) is 5.10 Å². The fourth-order valence-corrected chi connectivity index (χ4v) is 2.22. The fourth-order valence-electron chi connectivity index (χ4n) is 0.657. The summed E-state index contributed by atoms with van der Waals surface area (Å²) in [5.74, 6) is 0. The van der Waals surface area contributed by atoms with Gasteiger partial charge in [-0.25, -0.2) is 0 Å². The highest BCUT2D eigenvalue weighted by Gasteiger charge is 2.01. The highest BCUT2D eigenvalue weighted by atomic mass is 32.1. The topological polar surface area (TPSA) is 41.6 Å². The van der Waals surface area contributed by atoms with E-state index in [1.807, 2.05) is 0 Å². The Bertz CT molecular complexity index is 385. The third-order valence-electron chi connectivity index (χ3n) is 1.08. The van der Waals surface area contributed by atoms with E-state index in [1.165, 1.54) is 11.3 Å². The predicted molar refractivity (Wildman–Crippen MR) is 48.4 cm³/mol. The van der Waals surface area contributed by atoms with Gasteiger partial charge in [0, 0.05) is 6.20 Å². The van der Waals surface area contributed by atoms with Gasteiger partial charge < -0.3 is 0 Å². The van der Waals surface area contributed by atoms with E-state index in [0.29, 0.717) is 3.95 Å². The van der Waals surface area contributed by atoms with Crippen LogP contribution in [0.4, 0.5) is 0 Å². The van der Waals surface area contributed by atoms with Gasteiger partial charge in [0.05, 0.1) is 10.4 Å². The van der Waals surface area contributed by atoms with Crippen LogP contribution in [0.25, 0.3) is 9.88 Å². The third-order valence-corrected chi connectivity index (χ3v) is 3.11. The van der Waals surface area contributed by atoms with Gasteiger partial charge in [0.15, 0.2) is 8.96 Å². The molecule has 0 unspecified atom stereocenters. The Morgan fingerprint density at radius 3 is 3.00 bits per heavy atom. The number of hydrogen-bond donors (Lipinski definition) is 1. The molecule has 1 N–H and O–H groups in total. The maximum absolute atomic E-state index is 4.89. The summed E-state index contributed by atoms with van der Waals surface area (Å²) in [4.78, 5) is 5.00. The molecule has 3 nitrogen and oxygen atoms in total. The number of thiazole rings is 1. The summed E-state index contributed by atoms with van der Waals surface area (Å²) in [6, 6.07) is 0. The average Bonchev–Trinajstić information content (AvgIpc) is 2.55. The molecule has 0 spiro atoms. The van der Waals surface area contributed by atoms with Crippen LogP contribution >= 0.6 is 34.9 Å². The van der Waals surface area contributed by atoms with Crippen molar-refractivity contribution in [3.05, 3.63) is 15.7 Å². The van der Waals surface area contributed by atoms with Crippen LogP contribution in [0.2, 0.25) is 0 Å². The first-order chi connectivity index (χ1) is 5.36. The molecule has 0 bridgehead atoms. The fraction of sp³-hybridized carbons (Fsp3) is 0. The molecular weight excluding hydrogens is 198 g/mol. The number of hydrogen-bond acceptors (Lipinski definition) is 5. The molecule has 0 fully saturated rings. The minimum absolute atomic E-state index is 0.702. The van der Waals surface area contributed by atoms with Gasteiger partial charge in [-0.15, -0.1) is 11.3 Å². The number of rotatable bonds is 1. The van der Waals surface area contributed by atoms with Crippen molar-refractivity contribution in [1.29, 1.82) is 0 Å². The number of aromatic nitrogens is 3. The zero-order valence-corrected chi connectivity index (χ0v) is 7.72. The molecular formula is C5H3N3S3. The zero-order valence-electron chi connectivity index (χ0n) is 5.27. The van der Waals surface area contributed by atoms with E-state index in [4.69, 9.17) is 12.2 Å². The maximum Gasteiger partial charge on any atom is 0.176 e. The number of nitrogens with one attached hydrogen (secondary N) is 1. The first-order valence-electron chi connectivity index (χ1n) is 2.80. The number of H-pyrrole nitrogens is 1. The lowest BCUT2D eigenvalue weighted by atomic mass is 10.6. The molecule has 0 aromatic carbocycles. The van der Waals surface area contributed by atoms with Gasteiger partial charge in [-0.05, 0) is 12.2 Å². The lowest BCUT2D eigenvalue weighted by Gasteiger charge is -1.80. The SMILES string of the molecule is S=c1[nH]nc(-c2cncs2)s1. The van der Waals surface area contributed by atoms with E-state index in [9.17, 15) is 0 Å². The van der Waals surface area contributed by atoms with Crippen LogP contribution in [0, 0.1) is 3.95 Å². The lowest BCUT2D eigenvalue weighted by molar-refractivity contribution is 1.09. The Morgan fingerprint density at radius 1 is 1.55 bits per heavy atom. The summed E-state index contributed by atoms with van der Waals surface area (Å²) in [5.41, 5.74) is 1.78. The van der Waals surface area contributed by atoms with E-state index in [-0.39, 0.29) is 0 Å². The molecule has 0 amide bonds. The van der Waals surface area contributed by atoms with E-state index < -0.39 is 0 Å². The summed E-state index contributed by atoms with van der Waals surface area (Å²) in [6.07, 6.45) is 1.78. The summed E-state index contributed by atoms with van der Waals surface area (Å²) < 4.78 is 0.702. The van der Waals surface area contributed by atoms with Crippen molar-refractivity contribution in [3.63, 3.8) is 0 Å². The minimum atomic E-state index is 0.702. The molecule has 2 aromatic rings. The van der Waals surface area contributed by atoms with Gasteiger partial charge in [0.25, 0.3) is 0 Å². The molecule has 0 radical (unpaired) electrons. The van der Waals surface area contributed by atoms with Crippen LogP contribution in [-0.2, 0) is 0 Å². The predicted octanol–water partition coefficient (Wildman–Crippen LogP) is 2.32. The lowest BCUT2D eigenvalue weighted by Crippen LogP contribution is -1.69. The molecule has 56 valence electrons. The third kappa shape index (κ3) is 1.37. The second-order valence-electron chi connectivity index (χ2n) is 1.78. The molecule has 0 saturated carbocycles. The van der Waals surface area contributed by atoms with Crippen molar-refractivity contribution in [2.75, 3.05) is 0 Å². The van der Waals surface area contributed by atoms with Crippen molar-refractivity contribution in [2.24, 2.45) is 0 Å². The quantitative estimate of drug-likeness (QED) is 0.720. The number of nitrogens with zero attached hydrogens (tertiary/aromatic N) is 2. The van der Waals surface area contributed by atoms with Crippen LogP contribution < -0.4 is 0 Å². The Labute approximate surface area is 75.8 Å². The first-order valence-corrected chi connectivity index (χ1v) is 4.91. The monoisotopic (exact) mass is 201 g/mol. The van der Waals surface area contributed by atoms with Gasteiger partial charge in [0.2, 0.25) is 0 Å². The van der Waals surface area contributed by atoms with Gasteiger partial charge in [-0.1, -0.05) is 11.3 Å².